The molecule has 0 saturated heterocycles. The first-order valence-electron chi connectivity index (χ1n) is 21.2. The molecule has 0 spiro atoms. The number of Topliss-reactive ketones (excluding diaryl/α,β-unsaturated/α-hetero) is 4. The number of halogens is 3. The average molecular weight is 940 g/mol. The van der Waals surface area contributed by atoms with Crippen molar-refractivity contribution in [3.8, 4) is 0 Å². The Morgan fingerprint density at radius 1 is 0.635 bits per heavy atom. The molecule has 2 aromatic rings. The van der Waals surface area contributed by atoms with Gasteiger partial charge in [0.05, 0.1) is 0 Å². The van der Waals surface area contributed by atoms with E-state index in [0.717, 1.165) is 25.7 Å². The number of carboxylic acid groups (broad SMARTS) is 1. The summed E-state index contributed by atoms with van der Waals surface area (Å²) < 4.78 is 15.5. The molecule has 63 heavy (non-hydrogen) atoms. The van der Waals surface area contributed by atoms with Gasteiger partial charge in [0, 0.05) is 80.7 Å². The minimum absolute atomic E-state index is 0.0199. The van der Waals surface area contributed by atoms with Crippen LogP contribution in [0.5, 0.6) is 0 Å². The number of likely N-dealkylation sites (N-methyl/N-ethyl adjacent to an activating group) is 2. The number of aliphatic carboxylic acids is 1. The van der Waals surface area contributed by atoms with E-state index in [1.54, 1.807) is 56.4 Å². The summed E-state index contributed by atoms with van der Waals surface area (Å²) in [4.78, 5) is 96.8. The molecule has 4 atom stereocenters. The number of unbranched alkanes of at least 4 members (excludes halogenated alkanes) is 2. The number of amides is 2. The number of hydrogen-bond donors (Lipinski definition) is 1. The van der Waals surface area contributed by atoms with Gasteiger partial charge < -0.3 is 28.9 Å². The van der Waals surface area contributed by atoms with Gasteiger partial charge in [-0.25, -0.2) is 9.59 Å². The first-order chi connectivity index (χ1) is 29.7. The van der Waals surface area contributed by atoms with Gasteiger partial charge in [0.25, 0.3) is 0 Å². The van der Waals surface area contributed by atoms with E-state index in [1.165, 1.54) is 37.6 Å². The van der Waals surface area contributed by atoms with E-state index in [2.05, 4.69) is 0 Å². The summed E-state index contributed by atoms with van der Waals surface area (Å²) >= 11 is 18.4. The molecule has 2 aromatic carbocycles. The standard InChI is InChI=1S/C23H30ClNO6.C16H19Cl2NO3.C7H12O3/c1-16(26)10-4-7-14-21(28)30-17(2)31-22(29)25(3)23(15-9-8-13-20(23)27)18-11-5-6-12-19(18)24;1-11(17)22-15(21)19(2)16(10-6-5-9-14(16)20)12-7-3-4-8-13(12)18;1-6(8)4-2-3-5-7(9)10/h5-6,11-12,17H,4,7-10,13-15H2,1-3H3;3-4,7-8,11H,5-6,9-10H2,1-2H3;2-5H2,1H3,(H,9,10)/t17?,23-;11?,16-;/m00./s1. The second-order valence-corrected chi connectivity index (χ2v) is 17.1. The van der Waals surface area contributed by atoms with Gasteiger partial charge in [-0.15, -0.1) is 0 Å². The van der Waals surface area contributed by atoms with Gasteiger partial charge in [-0.3, -0.25) is 29.0 Å². The molecular formula is C46H61Cl3N2O12. The monoisotopic (exact) mass is 938 g/mol. The summed E-state index contributed by atoms with van der Waals surface area (Å²) in [5.41, 5.74) is -1.86. The molecule has 2 aliphatic rings. The fraction of sp³-hybridized carbons (Fsp3) is 0.565. The average Bonchev–Trinajstić information content (AvgIpc) is 3.21. The molecule has 348 valence electrons. The van der Waals surface area contributed by atoms with Crippen LogP contribution in [-0.4, -0.2) is 88.1 Å². The molecule has 0 heterocycles. The van der Waals surface area contributed by atoms with E-state index in [-0.39, 0.29) is 36.0 Å². The molecule has 1 N–H and O–H groups in total. The number of carboxylic acids is 1. The van der Waals surface area contributed by atoms with Crippen LogP contribution in [0.15, 0.2) is 48.5 Å². The number of alkyl halides is 1. The van der Waals surface area contributed by atoms with Crippen molar-refractivity contribution in [2.45, 2.75) is 153 Å². The summed E-state index contributed by atoms with van der Waals surface area (Å²) in [6.45, 7) is 6.02. The molecule has 2 unspecified atom stereocenters. The third kappa shape index (κ3) is 16.5. The molecule has 17 heteroatoms. The number of benzene rings is 2. The number of esters is 1. The maximum atomic E-state index is 13.1. The number of hydrogen-bond acceptors (Lipinski definition) is 11. The quantitative estimate of drug-likeness (QED) is 0.0684. The molecule has 2 amide bonds. The van der Waals surface area contributed by atoms with Gasteiger partial charge in [0.1, 0.15) is 22.6 Å². The predicted molar refractivity (Wildman–Crippen MR) is 239 cm³/mol. The van der Waals surface area contributed by atoms with E-state index in [9.17, 15) is 38.4 Å². The fourth-order valence-electron chi connectivity index (χ4n) is 7.57. The van der Waals surface area contributed by atoms with Crippen LogP contribution in [0.1, 0.15) is 142 Å². The van der Waals surface area contributed by atoms with E-state index in [0.29, 0.717) is 85.4 Å². The summed E-state index contributed by atoms with van der Waals surface area (Å²) in [5.74, 6) is -1.21. The van der Waals surface area contributed by atoms with Gasteiger partial charge >= 0.3 is 24.1 Å². The largest absolute Gasteiger partial charge is 0.481 e. The van der Waals surface area contributed by atoms with Crippen LogP contribution in [-0.2, 0) is 54.1 Å². The van der Waals surface area contributed by atoms with E-state index < -0.39 is 47.1 Å². The number of carbonyl (C=O) groups is 8. The molecule has 0 radical (unpaired) electrons. The maximum Gasteiger partial charge on any atom is 0.413 e. The minimum Gasteiger partial charge on any atom is -0.481 e. The third-order valence-electron chi connectivity index (χ3n) is 10.8. The maximum absolute atomic E-state index is 13.1. The smallest absolute Gasteiger partial charge is 0.413 e. The Hall–Kier alpha value is -4.53. The van der Waals surface area contributed by atoms with Crippen LogP contribution in [0.4, 0.5) is 9.59 Å². The topological polar surface area (TPSA) is 191 Å². The Balaban J connectivity index is 0.000000369. The van der Waals surface area contributed by atoms with Crippen molar-refractivity contribution >= 4 is 82.1 Å². The Morgan fingerprint density at radius 2 is 1.03 bits per heavy atom. The van der Waals surface area contributed by atoms with Crippen LogP contribution in [0.25, 0.3) is 0 Å². The zero-order valence-corrected chi connectivity index (χ0v) is 39.3. The van der Waals surface area contributed by atoms with E-state index in [1.807, 2.05) is 6.07 Å². The van der Waals surface area contributed by atoms with E-state index in [4.69, 9.17) is 54.1 Å². The Morgan fingerprint density at radius 3 is 1.41 bits per heavy atom. The highest BCUT2D eigenvalue weighted by Gasteiger charge is 2.50. The van der Waals surface area contributed by atoms with Gasteiger partial charge in [-0.2, -0.15) is 0 Å². The SMILES string of the molecule is CC(=O)CCCCC(=O)O.CC(=O)CCCCC(=O)OC(C)OC(=O)N(C)[C@]1(c2ccccc2Cl)CCCCC1=O.CC(Cl)OC(=O)N(C)[C@]1(c2ccccc2Cl)CCCCC1=O. The molecule has 2 saturated carbocycles. The van der Waals surface area contributed by atoms with Gasteiger partial charge in [-0.05, 0) is 97.1 Å². The Labute approximate surface area is 385 Å². The molecule has 14 nitrogen and oxygen atoms in total. The van der Waals surface area contributed by atoms with Gasteiger partial charge in [0.15, 0.2) is 17.1 Å². The zero-order chi connectivity index (χ0) is 47.3. The number of nitrogens with zero attached hydrogens (tertiary/aromatic N) is 2. The molecular weight excluding hydrogens is 879 g/mol. The number of rotatable bonds is 17. The molecule has 0 bridgehead atoms. The first kappa shape index (κ1) is 54.6. The van der Waals surface area contributed by atoms with Crippen molar-refractivity contribution < 1.29 is 57.7 Å². The highest BCUT2D eigenvalue weighted by atomic mass is 35.5. The van der Waals surface area contributed by atoms with Crippen LogP contribution in [0.3, 0.4) is 0 Å². The van der Waals surface area contributed by atoms with Crippen LogP contribution in [0, 0.1) is 0 Å². The minimum atomic E-state index is -1.22. The van der Waals surface area contributed by atoms with Crippen LogP contribution < -0.4 is 0 Å². The molecule has 0 aromatic heterocycles. The lowest BCUT2D eigenvalue weighted by molar-refractivity contribution is -0.167. The number of ketones is 4. The van der Waals surface area contributed by atoms with Crippen molar-refractivity contribution in [2.24, 2.45) is 0 Å². The van der Waals surface area contributed by atoms with Crippen molar-refractivity contribution in [3.63, 3.8) is 0 Å². The summed E-state index contributed by atoms with van der Waals surface area (Å²) in [5, 5.41) is 9.07. The van der Waals surface area contributed by atoms with Crippen LogP contribution in [0.2, 0.25) is 10.0 Å². The van der Waals surface area contributed by atoms with Gasteiger partial charge in [-0.1, -0.05) is 71.2 Å². The summed E-state index contributed by atoms with van der Waals surface area (Å²) in [6, 6.07) is 14.1. The Bertz CT molecular complexity index is 1890. The van der Waals surface area contributed by atoms with Gasteiger partial charge in [0.2, 0.25) is 6.29 Å². The first-order valence-corrected chi connectivity index (χ1v) is 22.4. The lowest BCUT2D eigenvalue weighted by atomic mass is 9.74. The highest BCUT2D eigenvalue weighted by molar-refractivity contribution is 6.32. The van der Waals surface area contributed by atoms with Crippen molar-refractivity contribution in [1.82, 2.24) is 9.80 Å². The second-order valence-electron chi connectivity index (χ2n) is 15.6. The molecule has 2 fully saturated rings. The van der Waals surface area contributed by atoms with Crippen LogP contribution >= 0.6 is 34.8 Å². The lowest BCUT2D eigenvalue weighted by Gasteiger charge is -2.43. The van der Waals surface area contributed by atoms with Crippen molar-refractivity contribution in [1.29, 1.82) is 0 Å². The summed E-state index contributed by atoms with van der Waals surface area (Å²) in [7, 11) is 3.07. The number of ether oxygens (including phenoxy) is 3. The molecule has 0 aliphatic heterocycles. The summed E-state index contributed by atoms with van der Waals surface area (Å²) in [6.07, 6.45) is 6.03. The molecule has 2 aliphatic carbocycles. The normalized spacial score (nSPS) is 19.1. The zero-order valence-electron chi connectivity index (χ0n) is 37.1. The lowest BCUT2D eigenvalue weighted by Crippen LogP contribution is -2.54. The predicted octanol–water partition coefficient (Wildman–Crippen LogP) is 10.3. The third-order valence-corrected chi connectivity index (χ3v) is 11.5. The number of carbonyl (C=O) groups excluding carboxylic acids is 7. The second kappa shape index (κ2) is 26.9. The Kier molecular flexibility index (Phi) is 23.4. The fourth-order valence-corrected chi connectivity index (χ4v) is 8.23. The van der Waals surface area contributed by atoms with E-state index >= 15 is 0 Å². The van der Waals surface area contributed by atoms with Crippen molar-refractivity contribution in [3.05, 3.63) is 69.7 Å². The highest BCUT2D eigenvalue weighted by Crippen LogP contribution is 2.44. The van der Waals surface area contributed by atoms with Crippen molar-refractivity contribution in [2.75, 3.05) is 14.1 Å². The molecule has 4 rings (SSSR count).